The molecule has 6 nitrogen and oxygen atoms in total. The van der Waals surface area contributed by atoms with Gasteiger partial charge in [0.2, 0.25) is 0 Å². The van der Waals surface area contributed by atoms with E-state index >= 15 is 0 Å². The molecule has 3 heterocycles. The van der Waals surface area contributed by atoms with E-state index in [2.05, 4.69) is 25.0 Å². The summed E-state index contributed by atoms with van der Waals surface area (Å²) < 4.78 is 44.0. The molecule has 0 radical (unpaired) electrons. The summed E-state index contributed by atoms with van der Waals surface area (Å²) in [6.45, 7) is 3.53. The van der Waals surface area contributed by atoms with Gasteiger partial charge in [0.15, 0.2) is 23.1 Å². The number of aromatic nitrogens is 6. The molecule has 2 aromatic carbocycles. The number of aryl methyl sites for hydroxylation is 3. The zero-order valence-corrected chi connectivity index (χ0v) is 17.9. The Kier molecular flexibility index (Phi) is 4.88. The van der Waals surface area contributed by atoms with Gasteiger partial charge in [-0.25, -0.2) is 33.1 Å². The van der Waals surface area contributed by atoms with Crippen LogP contribution in [0, 0.1) is 31.3 Å². The molecule has 33 heavy (non-hydrogen) atoms. The molecule has 164 valence electrons. The second-order valence-corrected chi connectivity index (χ2v) is 7.69. The Balaban J connectivity index is 1.77. The van der Waals surface area contributed by atoms with Gasteiger partial charge in [-0.1, -0.05) is 18.2 Å². The van der Waals surface area contributed by atoms with E-state index in [1.54, 1.807) is 30.8 Å². The summed E-state index contributed by atoms with van der Waals surface area (Å²) in [7, 11) is 1.82. The summed E-state index contributed by atoms with van der Waals surface area (Å²) in [5, 5.41) is 4.19. The number of halogens is 3. The molecule has 3 aromatic heterocycles. The Bertz CT molecular complexity index is 1540. The fraction of sp³-hybridized carbons (Fsp3) is 0.125. The van der Waals surface area contributed by atoms with Crippen LogP contribution in [0.5, 0.6) is 0 Å². The first-order valence-electron chi connectivity index (χ1n) is 10.1. The molecule has 0 amide bonds. The molecule has 0 bridgehead atoms. The van der Waals surface area contributed by atoms with Crippen molar-refractivity contribution >= 4 is 11.2 Å². The van der Waals surface area contributed by atoms with Gasteiger partial charge in [0.25, 0.3) is 0 Å². The summed E-state index contributed by atoms with van der Waals surface area (Å²) in [6, 6.07) is 8.72. The van der Waals surface area contributed by atoms with E-state index in [9.17, 15) is 13.2 Å². The highest BCUT2D eigenvalue weighted by Crippen LogP contribution is 2.32. The number of hydrogen-bond acceptors (Lipinski definition) is 5. The molecule has 0 aliphatic heterocycles. The number of rotatable bonds is 3. The molecule has 5 rings (SSSR count). The molecule has 0 fully saturated rings. The van der Waals surface area contributed by atoms with Gasteiger partial charge >= 0.3 is 0 Å². The van der Waals surface area contributed by atoms with Crippen LogP contribution in [0.4, 0.5) is 13.2 Å². The highest BCUT2D eigenvalue weighted by molar-refractivity contribution is 5.89. The summed E-state index contributed by atoms with van der Waals surface area (Å²) >= 11 is 0. The normalized spacial score (nSPS) is 11.3. The van der Waals surface area contributed by atoms with Gasteiger partial charge in [0.05, 0.1) is 17.6 Å². The molecule has 5 aromatic rings. The van der Waals surface area contributed by atoms with E-state index in [1.807, 2.05) is 31.4 Å². The Morgan fingerprint density at radius 1 is 0.758 bits per heavy atom. The maximum atomic E-state index is 14.7. The van der Waals surface area contributed by atoms with Crippen LogP contribution in [0.2, 0.25) is 0 Å². The molecule has 0 saturated heterocycles. The van der Waals surface area contributed by atoms with Crippen molar-refractivity contribution < 1.29 is 13.2 Å². The van der Waals surface area contributed by atoms with Crippen LogP contribution >= 0.6 is 0 Å². The Hall–Kier alpha value is -4.14. The average molecular weight is 446 g/mol. The molecule has 0 atom stereocenters. The Morgan fingerprint density at radius 2 is 1.48 bits per heavy atom. The van der Waals surface area contributed by atoms with Crippen LogP contribution in [-0.2, 0) is 7.05 Å². The first kappa shape index (κ1) is 20.7. The van der Waals surface area contributed by atoms with Crippen LogP contribution in [0.3, 0.4) is 0 Å². The number of nitrogens with zero attached hydrogens (tertiary/aromatic N) is 6. The van der Waals surface area contributed by atoms with Gasteiger partial charge in [0, 0.05) is 36.0 Å². The summed E-state index contributed by atoms with van der Waals surface area (Å²) in [5.74, 6) is -3.17. The SMILES string of the molecule is Cc1nc2nc(-c3cccc(-c4cnn(C)c4)c3)nc(-c3cc(F)c(F)cc3F)c2nc1C. The zero-order valence-electron chi connectivity index (χ0n) is 17.9. The van der Waals surface area contributed by atoms with Crippen molar-refractivity contribution in [2.75, 3.05) is 0 Å². The summed E-state index contributed by atoms with van der Waals surface area (Å²) in [4.78, 5) is 18.0. The second-order valence-electron chi connectivity index (χ2n) is 7.69. The van der Waals surface area contributed by atoms with Gasteiger partial charge < -0.3 is 0 Å². The molecule has 0 N–H and O–H groups in total. The molecular weight excluding hydrogens is 429 g/mol. The lowest BCUT2D eigenvalue weighted by atomic mass is 10.0. The highest BCUT2D eigenvalue weighted by atomic mass is 19.2. The van der Waals surface area contributed by atoms with Gasteiger partial charge in [-0.2, -0.15) is 5.10 Å². The minimum atomic E-state index is -1.28. The van der Waals surface area contributed by atoms with Crippen molar-refractivity contribution in [1.82, 2.24) is 29.7 Å². The minimum Gasteiger partial charge on any atom is -0.275 e. The lowest BCUT2D eigenvalue weighted by Crippen LogP contribution is -2.03. The largest absolute Gasteiger partial charge is 0.275 e. The van der Waals surface area contributed by atoms with Crippen molar-refractivity contribution in [1.29, 1.82) is 0 Å². The van der Waals surface area contributed by atoms with E-state index in [4.69, 9.17) is 0 Å². The number of hydrogen-bond donors (Lipinski definition) is 0. The third kappa shape index (κ3) is 3.71. The molecule has 9 heteroatoms. The fourth-order valence-corrected chi connectivity index (χ4v) is 3.54. The van der Waals surface area contributed by atoms with Crippen LogP contribution in [0.1, 0.15) is 11.4 Å². The van der Waals surface area contributed by atoms with Crippen molar-refractivity contribution in [3.05, 3.63) is 77.6 Å². The van der Waals surface area contributed by atoms with Crippen LogP contribution in [-0.4, -0.2) is 29.7 Å². The maximum Gasteiger partial charge on any atom is 0.182 e. The maximum absolute atomic E-state index is 14.7. The zero-order chi connectivity index (χ0) is 23.3. The monoisotopic (exact) mass is 446 g/mol. The topological polar surface area (TPSA) is 69.4 Å². The predicted octanol–water partition coefficient (Wildman–Crippen LogP) is 5.19. The molecule has 0 aliphatic carbocycles. The molecular formula is C24H17F3N6. The van der Waals surface area contributed by atoms with E-state index < -0.39 is 17.5 Å². The predicted molar refractivity (Wildman–Crippen MR) is 118 cm³/mol. The van der Waals surface area contributed by atoms with Gasteiger partial charge in [-0.05, 0) is 31.5 Å². The lowest BCUT2D eigenvalue weighted by Gasteiger charge is -2.11. The average Bonchev–Trinajstić information content (AvgIpc) is 3.23. The highest BCUT2D eigenvalue weighted by Gasteiger charge is 2.20. The van der Waals surface area contributed by atoms with Crippen molar-refractivity contribution in [2.24, 2.45) is 7.05 Å². The lowest BCUT2D eigenvalue weighted by molar-refractivity contribution is 0.496. The first-order chi connectivity index (χ1) is 15.8. The number of fused-ring (bicyclic) bond motifs is 1. The fourth-order valence-electron chi connectivity index (χ4n) is 3.54. The van der Waals surface area contributed by atoms with Crippen LogP contribution in [0.15, 0.2) is 48.8 Å². The van der Waals surface area contributed by atoms with E-state index in [1.165, 1.54) is 0 Å². The van der Waals surface area contributed by atoms with Gasteiger partial charge in [-0.3, -0.25) is 4.68 Å². The van der Waals surface area contributed by atoms with E-state index in [-0.39, 0.29) is 28.2 Å². The first-order valence-corrected chi connectivity index (χ1v) is 10.1. The smallest absolute Gasteiger partial charge is 0.182 e. The standard InChI is InChI=1S/C24H17F3N6/c1-12-13(2)30-24-22(29-12)21(17-8-19(26)20(27)9-18(17)25)31-23(32-24)15-6-4-5-14(7-15)16-10-28-33(3)11-16/h4-11H,1-3H3. The van der Waals surface area contributed by atoms with Crippen molar-refractivity contribution in [2.45, 2.75) is 13.8 Å². The number of benzene rings is 2. The summed E-state index contributed by atoms with van der Waals surface area (Å²) in [5.41, 5.74) is 3.92. The third-order valence-electron chi connectivity index (χ3n) is 5.37. The van der Waals surface area contributed by atoms with Gasteiger partial charge in [0.1, 0.15) is 17.0 Å². The van der Waals surface area contributed by atoms with Crippen molar-refractivity contribution in [3.8, 4) is 33.8 Å². The Morgan fingerprint density at radius 3 is 2.24 bits per heavy atom. The molecule has 0 spiro atoms. The van der Waals surface area contributed by atoms with E-state index in [0.29, 0.717) is 23.0 Å². The molecule has 0 aliphatic rings. The minimum absolute atomic E-state index is 0.0359. The third-order valence-corrected chi connectivity index (χ3v) is 5.37. The van der Waals surface area contributed by atoms with Crippen molar-refractivity contribution in [3.63, 3.8) is 0 Å². The second kappa shape index (κ2) is 7.77. The quantitative estimate of drug-likeness (QED) is 0.357. The summed E-state index contributed by atoms with van der Waals surface area (Å²) in [6.07, 6.45) is 3.61. The Labute approximate surface area is 186 Å². The van der Waals surface area contributed by atoms with E-state index in [0.717, 1.165) is 17.2 Å². The molecule has 0 unspecified atom stereocenters. The van der Waals surface area contributed by atoms with Crippen LogP contribution < -0.4 is 0 Å². The molecule has 0 saturated carbocycles. The van der Waals surface area contributed by atoms with Gasteiger partial charge in [-0.15, -0.1) is 0 Å². The van der Waals surface area contributed by atoms with Crippen LogP contribution in [0.25, 0.3) is 44.9 Å².